The van der Waals surface area contributed by atoms with Crippen molar-refractivity contribution in [2.45, 2.75) is 45.8 Å². The number of aromatic nitrogens is 2. The number of nitrogens with zero attached hydrogens (tertiary/aromatic N) is 3. The molecule has 2 atom stereocenters. The fourth-order valence-corrected chi connectivity index (χ4v) is 5.49. The Labute approximate surface area is 207 Å². The molecule has 0 amide bonds. The Kier molecular flexibility index (Phi) is 6.20. The molecule has 2 unspecified atom stereocenters. The van der Waals surface area contributed by atoms with Gasteiger partial charge in [-0.2, -0.15) is 0 Å². The molecule has 1 fully saturated rings. The Hall–Kier alpha value is -3.44. The lowest BCUT2D eigenvalue weighted by Crippen LogP contribution is -2.29. The number of benzene rings is 2. The minimum atomic E-state index is -0.0206. The number of nitrogens with one attached hydrogen (secondary N) is 1. The molecule has 0 aliphatic carbocycles. The van der Waals surface area contributed by atoms with Gasteiger partial charge in [0.2, 0.25) is 0 Å². The van der Waals surface area contributed by atoms with Gasteiger partial charge in [0.15, 0.2) is 5.11 Å². The third-order valence-corrected chi connectivity index (χ3v) is 7.15. The van der Waals surface area contributed by atoms with Gasteiger partial charge in [-0.1, -0.05) is 61.5 Å². The van der Waals surface area contributed by atoms with Crippen LogP contribution in [-0.4, -0.2) is 19.6 Å². The van der Waals surface area contributed by atoms with Crippen LogP contribution in [0.3, 0.4) is 0 Å². The van der Waals surface area contributed by atoms with Gasteiger partial charge in [-0.25, -0.2) is 0 Å². The molecule has 1 N–H and O–H groups in total. The summed E-state index contributed by atoms with van der Waals surface area (Å²) in [6.45, 7) is 7.38. The minimum Gasteiger partial charge on any atom is -0.352 e. The van der Waals surface area contributed by atoms with E-state index in [4.69, 9.17) is 17.2 Å². The lowest BCUT2D eigenvalue weighted by molar-refractivity contribution is 0.310. The van der Waals surface area contributed by atoms with Crippen LogP contribution < -0.4 is 5.32 Å². The summed E-state index contributed by atoms with van der Waals surface area (Å²) in [6, 6.07) is 27.7. The third-order valence-electron chi connectivity index (χ3n) is 6.80. The molecule has 1 aliphatic heterocycles. The van der Waals surface area contributed by atoms with Crippen molar-refractivity contribution in [2.24, 2.45) is 0 Å². The number of para-hydroxylation sites is 1. The molecule has 0 saturated carbocycles. The quantitative estimate of drug-likeness (QED) is 0.342. The first-order chi connectivity index (χ1) is 16.6. The summed E-state index contributed by atoms with van der Waals surface area (Å²) in [7, 11) is 0. The highest BCUT2D eigenvalue weighted by atomic mass is 32.1. The molecule has 0 bridgehead atoms. The predicted octanol–water partition coefficient (Wildman–Crippen LogP) is 6.22. The van der Waals surface area contributed by atoms with E-state index in [1.54, 1.807) is 0 Å². The van der Waals surface area contributed by atoms with E-state index in [0.29, 0.717) is 0 Å². The second kappa shape index (κ2) is 9.43. The summed E-state index contributed by atoms with van der Waals surface area (Å²) >= 11 is 5.89. The van der Waals surface area contributed by atoms with Crippen LogP contribution >= 0.6 is 12.2 Å². The highest BCUT2D eigenvalue weighted by Crippen LogP contribution is 2.42. The molecule has 1 saturated heterocycles. The first-order valence-electron chi connectivity index (χ1n) is 11.9. The lowest BCUT2D eigenvalue weighted by Gasteiger charge is -2.28. The molecule has 1 aliphatic rings. The van der Waals surface area contributed by atoms with Gasteiger partial charge in [-0.3, -0.25) is 4.98 Å². The number of aryl methyl sites for hydroxylation is 2. The van der Waals surface area contributed by atoms with Crippen LogP contribution in [0, 0.1) is 13.8 Å². The third kappa shape index (κ3) is 4.01. The molecule has 4 nitrogen and oxygen atoms in total. The van der Waals surface area contributed by atoms with Crippen molar-refractivity contribution < 1.29 is 0 Å². The number of thiocarbonyl (C=S) groups is 1. The Balaban J connectivity index is 1.64. The fourth-order valence-electron chi connectivity index (χ4n) is 5.18. The Morgan fingerprint density at radius 3 is 2.41 bits per heavy atom. The average Bonchev–Trinajstić information content (AvgIpc) is 3.35. The minimum absolute atomic E-state index is 0.0206. The maximum absolute atomic E-state index is 5.89. The van der Waals surface area contributed by atoms with Crippen molar-refractivity contribution in [3.05, 3.63) is 119 Å². The molecule has 5 heteroatoms. The number of rotatable bonds is 6. The van der Waals surface area contributed by atoms with E-state index < -0.39 is 0 Å². The van der Waals surface area contributed by atoms with Gasteiger partial charge in [-0.05, 0) is 73.4 Å². The van der Waals surface area contributed by atoms with Gasteiger partial charge >= 0.3 is 0 Å². The number of pyridine rings is 1. The molecule has 172 valence electrons. The normalized spacial score (nSPS) is 17.7. The zero-order valence-corrected chi connectivity index (χ0v) is 20.7. The van der Waals surface area contributed by atoms with Crippen LogP contribution in [0.4, 0.5) is 0 Å². The first kappa shape index (κ1) is 22.4. The topological polar surface area (TPSA) is 33.1 Å². The summed E-state index contributed by atoms with van der Waals surface area (Å²) in [6.07, 6.45) is 2.85. The van der Waals surface area contributed by atoms with Gasteiger partial charge in [0, 0.05) is 29.8 Å². The van der Waals surface area contributed by atoms with Crippen LogP contribution in [0.25, 0.3) is 5.69 Å². The smallest absolute Gasteiger partial charge is 0.170 e. The SMILES string of the molecule is CCc1ccccc1-n1c(C)cc(C2C(c3ccccn3)NC(=S)N2Cc2ccccc2)c1C. The molecular formula is C29H30N4S. The van der Waals surface area contributed by atoms with Crippen molar-refractivity contribution in [1.29, 1.82) is 0 Å². The molecule has 2 aromatic heterocycles. The maximum atomic E-state index is 5.89. The van der Waals surface area contributed by atoms with Gasteiger partial charge in [0.25, 0.3) is 0 Å². The van der Waals surface area contributed by atoms with E-state index in [1.165, 1.54) is 33.8 Å². The number of hydrogen-bond acceptors (Lipinski definition) is 2. The largest absolute Gasteiger partial charge is 0.352 e. The monoisotopic (exact) mass is 466 g/mol. The van der Waals surface area contributed by atoms with E-state index in [9.17, 15) is 0 Å². The molecule has 5 rings (SSSR count). The van der Waals surface area contributed by atoms with E-state index in [2.05, 4.69) is 102 Å². The van der Waals surface area contributed by atoms with Gasteiger partial charge in [0.05, 0.1) is 17.8 Å². The molecule has 0 radical (unpaired) electrons. The molecule has 4 aromatic rings. The zero-order valence-electron chi connectivity index (χ0n) is 19.9. The van der Waals surface area contributed by atoms with Crippen molar-refractivity contribution in [2.75, 3.05) is 0 Å². The van der Waals surface area contributed by atoms with Gasteiger partial charge in [-0.15, -0.1) is 0 Å². The van der Waals surface area contributed by atoms with Crippen LogP contribution in [0.15, 0.2) is 85.1 Å². The Morgan fingerprint density at radius 1 is 0.941 bits per heavy atom. The summed E-state index contributed by atoms with van der Waals surface area (Å²) in [5.74, 6) is 0. The maximum Gasteiger partial charge on any atom is 0.170 e. The van der Waals surface area contributed by atoms with E-state index in [1.807, 2.05) is 18.3 Å². The standard InChI is InChI=1S/C29H30N4S/c1-4-23-14-8-9-16-26(23)33-20(2)18-24(21(33)3)28-27(25-15-10-11-17-30-25)31-29(34)32(28)19-22-12-6-5-7-13-22/h5-18,27-28H,4,19H2,1-3H3,(H,31,34). The second-order valence-electron chi connectivity index (χ2n) is 8.88. The van der Waals surface area contributed by atoms with Crippen molar-refractivity contribution in [3.8, 4) is 5.69 Å². The van der Waals surface area contributed by atoms with Crippen molar-refractivity contribution >= 4 is 17.3 Å². The van der Waals surface area contributed by atoms with E-state index in [0.717, 1.165) is 23.8 Å². The predicted molar refractivity (Wildman–Crippen MR) is 142 cm³/mol. The molecular weight excluding hydrogens is 436 g/mol. The van der Waals surface area contributed by atoms with Crippen LogP contribution in [-0.2, 0) is 13.0 Å². The number of hydrogen-bond donors (Lipinski definition) is 1. The van der Waals surface area contributed by atoms with Crippen LogP contribution in [0.2, 0.25) is 0 Å². The Morgan fingerprint density at radius 2 is 1.68 bits per heavy atom. The van der Waals surface area contributed by atoms with E-state index >= 15 is 0 Å². The highest BCUT2D eigenvalue weighted by molar-refractivity contribution is 7.80. The molecule has 3 heterocycles. The summed E-state index contributed by atoms with van der Waals surface area (Å²) < 4.78 is 2.39. The Bertz CT molecular complexity index is 1300. The van der Waals surface area contributed by atoms with Crippen LogP contribution in [0.5, 0.6) is 0 Å². The van der Waals surface area contributed by atoms with Crippen molar-refractivity contribution in [3.63, 3.8) is 0 Å². The molecule has 34 heavy (non-hydrogen) atoms. The molecule has 0 spiro atoms. The second-order valence-corrected chi connectivity index (χ2v) is 9.27. The average molecular weight is 467 g/mol. The van der Waals surface area contributed by atoms with Crippen LogP contribution in [0.1, 0.15) is 52.8 Å². The first-order valence-corrected chi connectivity index (χ1v) is 12.3. The summed E-state index contributed by atoms with van der Waals surface area (Å²) in [4.78, 5) is 7.02. The summed E-state index contributed by atoms with van der Waals surface area (Å²) in [5, 5.41) is 4.36. The zero-order chi connectivity index (χ0) is 23.7. The molecule has 2 aromatic carbocycles. The van der Waals surface area contributed by atoms with E-state index in [-0.39, 0.29) is 12.1 Å². The van der Waals surface area contributed by atoms with Gasteiger partial charge in [0.1, 0.15) is 0 Å². The lowest BCUT2D eigenvalue weighted by atomic mass is 9.96. The highest BCUT2D eigenvalue weighted by Gasteiger charge is 2.41. The van der Waals surface area contributed by atoms with Crippen molar-refractivity contribution in [1.82, 2.24) is 19.8 Å². The fraction of sp³-hybridized carbons (Fsp3) is 0.241. The van der Waals surface area contributed by atoms with Gasteiger partial charge < -0.3 is 14.8 Å². The summed E-state index contributed by atoms with van der Waals surface area (Å²) in [5.41, 5.74) is 8.59.